The molecule has 5 heteroatoms. The fraction of sp³-hybridized carbons (Fsp3) is 0.133. The van der Waals surface area contributed by atoms with E-state index in [-0.39, 0.29) is 10.9 Å². The van der Waals surface area contributed by atoms with E-state index in [1.54, 1.807) is 18.2 Å². The van der Waals surface area contributed by atoms with E-state index in [0.717, 1.165) is 11.3 Å². The third kappa shape index (κ3) is 3.00. The van der Waals surface area contributed by atoms with E-state index < -0.39 is 0 Å². The molecule has 0 aliphatic heterocycles. The second-order valence-corrected chi connectivity index (χ2v) is 4.92. The molecule has 2 aromatic rings. The maximum absolute atomic E-state index is 12.2. The van der Waals surface area contributed by atoms with Gasteiger partial charge in [-0.3, -0.25) is 4.79 Å². The molecular weight excluding hydrogens is 270 g/mol. The number of nitrogens with one attached hydrogen (secondary N) is 1. The Labute approximate surface area is 123 Å². The van der Waals surface area contributed by atoms with Crippen molar-refractivity contribution in [3.05, 3.63) is 58.9 Å². The van der Waals surface area contributed by atoms with E-state index >= 15 is 0 Å². The molecule has 1 aromatic heterocycles. The van der Waals surface area contributed by atoms with Crippen molar-refractivity contribution in [2.75, 3.05) is 5.32 Å². The Kier molecular flexibility index (Phi) is 4.10. The number of nitrogens with zero attached hydrogens (tertiary/aromatic N) is 1. The average molecular weight is 285 g/mol. The monoisotopic (exact) mass is 285 g/mol. The van der Waals surface area contributed by atoms with E-state index in [1.165, 1.54) is 0 Å². The standard InChI is InChI=1S/C15H15N3OS/c1-9-5-3-7-11(13(9)14(16)20)18-15(19)12-8-4-6-10(2)17-12/h3-8H,1-2H3,(H2,16,20)(H,18,19). The van der Waals surface area contributed by atoms with Crippen molar-refractivity contribution in [1.82, 2.24) is 4.98 Å². The van der Waals surface area contributed by atoms with Gasteiger partial charge in [0, 0.05) is 11.3 Å². The number of aromatic nitrogens is 1. The number of amides is 1. The number of benzene rings is 1. The van der Waals surface area contributed by atoms with Crippen LogP contribution in [0.5, 0.6) is 0 Å². The molecular formula is C15H15N3OS. The Hall–Kier alpha value is -2.27. The van der Waals surface area contributed by atoms with Crippen LogP contribution in [0.1, 0.15) is 27.3 Å². The lowest BCUT2D eigenvalue weighted by molar-refractivity contribution is 0.102. The summed E-state index contributed by atoms with van der Waals surface area (Å²) in [5.74, 6) is -0.281. The van der Waals surface area contributed by atoms with Gasteiger partial charge >= 0.3 is 0 Å². The number of hydrogen-bond acceptors (Lipinski definition) is 3. The van der Waals surface area contributed by atoms with E-state index in [1.807, 2.05) is 32.0 Å². The third-order valence-corrected chi connectivity index (χ3v) is 3.09. The maximum Gasteiger partial charge on any atom is 0.274 e. The molecule has 0 saturated heterocycles. The van der Waals surface area contributed by atoms with Gasteiger partial charge in [-0.15, -0.1) is 0 Å². The number of nitrogens with two attached hydrogens (primary N) is 1. The zero-order valence-corrected chi connectivity index (χ0v) is 12.1. The van der Waals surface area contributed by atoms with Gasteiger partial charge in [0.15, 0.2) is 0 Å². The van der Waals surface area contributed by atoms with Crippen LogP contribution >= 0.6 is 12.2 Å². The smallest absolute Gasteiger partial charge is 0.274 e. The normalized spacial score (nSPS) is 10.1. The first-order valence-corrected chi connectivity index (χ1v) is 6.54. The number of carbonyl (C=O) groups is 1. The molecule has 0 radical (unpaired) electrons. The molecule has 0 bridgehead atoms. The average Bonchev–Trinajstić information content (AvgIpc) is 2.38. The zero-order valence-electron chi connectivity index (χ0n) is 11.3. The lowest BCUT2D eigenvalue weighted by atomic mass is 10.1. The maximum atomic E-state index is 12.2. The second-order valence-electron chi connectivity index (χ2n) is 4.48. The second kappa shape index (κ2) is 5.79. The SMILES string of the molecule is Cc1cccc(C(=O)Nc2cccc(C)c2C(N)=S)n1. The topological polar surface area (TPSA) is 68.0 Å². The first kappa shape index (κ1) is 14.1. The largest absolute Gasteiger partial charge is 0.389 e. The molecule has 1 aromatic carbocycles. The quantitative estimate of drug-likeness (QED) is 0.851. The molecule has 0 aliphatic rings. The van der Waals surface area contributed by atoms with Crippen LogP contribution in [-0.4, -0.2) is 15.9 Å². The molecule has 0 unspecified atom stereocenters. The summed E-state index contributed by atoms with van der Waals surface area (Å²) in [7, 11) is 0. The first-order valence-electron chi connectivity index (χ1n) is 6.13. The van der Waals surface area contributed by atoms with Gasteiger partial charge in [-0.25, -0.2) is 4.98 Å². The van der Waals surface area contributed by atoms with E-state index in [0.29, 0.717) is 16.9 Å². The fourth-order valence-corrected chi connectivity index (χ4v) is 2.23. The van der Waals surface area contributed by atoms with Gasteiger partial charge in [-0.1, -0.05) is 30.4 Å². The summed E-state index contributed by atoms with van der Waals surface area (Å²) in [6.07, 6.45) is 0. The lowest BCUT2D eigenvalue weighted by Crippen LogP contribution is -2.19. The van der Waals surface area contributed by atoms with Gasteiger partial charge in [0.25, 0.3) is 5.91 Å². The zero-order chi connectivity index (χ0) is 14.7. The molecule has 1 heterocycles. The van der Waals surface area contributed by atoms with Crippen molar-refractivity contribution in [2.45, 2.75) is 13.8 Å². The third-order valence-electron chi connectivity index (χ3n) is 2.89. The van der Waals surface area contributed by atoms with Crippen LogP contribution in [0.3, 0.4) is 0 Å². The number of carbonyl (C=O) groups excluding carboxylic acids is 1. The van der Waals surface area contributed by atoms with Crippen LogP contribution in [0.25, 0.3) is 0 Å². The van der Waals surface area contributed by atoms with Crippen LogP contribution in [0.4, 0.5) is 5.69 Å². The molecule has 0 fully saturated rings. The molecule has 0 saturated carbocycles. The Bertz CT molecular complexity index is 683. The van der Waals surface area contributed by atoms with E-state index in [2.05, 4.69) is 10.3 Å². The Morgan fingerprint density at radius 1 is 1.20 bits per heavy atom. The van der Waals surface area contributed by atoms with Crippen molar-refractivity contribution in [3.8, 4) is 0 Å². The molecule has 2 rings (SSSR count). The number of aryl methyl sites for hydroxylation is 2. The Balaban J connectivity index is 2.33. The molecule has 0 atom stereocenters. The van der Waals surface area contributed by atoms with Crippen molar-refractivity contribution in [1.29, 1.82) is 0 Å². The highest BCUT2D eigenvalue weighted by Gasteiger charge is 2.13. The minimum absolute atomic E-state index is 0.260. The summed E-state index contributed by atoms with van der Waals surface area (Å²) in [6.45, 7) is 3.74. The van der Waals surface area contributed by atoms with Crippen molar-refractivity contribution < 1.29 is 4.79 Å². The van der Waals surface area contributed by atoms with Crippen molar-refractivity contribution in [3.63, 3.8) is 0 Å². The molecule has 0 spiro atoms. The molecule has 102 valence electrons. The van der Waals surface area contributed by atoms with E-state index in [4.69, 9.17) is 18.0 Å². The highest BCUT2D eigenvalue weighted by molar-refractivity contribution is 7.80. The van der Waals surface area contributed by atoms with Gasteiger partial charge in [0.05, 0.1) is 5.69 Å². The summed E-state index contributed by atoms with van der Waals surface area (Å²) < 4.78 is 0. The van der Waals surface area contributed by atoms with Crippen LogP contribution in [0.15, 0.2) is 36.4 Å². The minimum Gasteiger partial charge on any atom is -0.389 e. The lowest BCUT2D eigenvalue weighted by Gasteiger charge is -2.12. The highest BCUT2D eigenvalue weighted by Crippen LogP contribution is 2.20. The first-order chi connectivity index (χ1) is 9.49. The number of pyridine rings is 1. The van der Waals surface area contributed by atoms with Crippen LogP contribution in [-0.2, 0) is 0 Å². The predicted molar refractivity (Wildman–Crippen MR) is 84.0 cm³/mol. The number of thiocarbonyl (C=S) groups is 1. The minimum atomic E-state index is -0.281. The van der Waals surface area contributed by atoms with Gasteiger partial charge in [0.2, 0.25) is 0 Å². The number of anilines is 1. The van der Waals surface area contributed by atoms with Gasteiger partial charge in [-0.2, -0.15) is 0 Å². The van der Waals surface area contributed by atoms with Gasteiger partial charge in [-0.05, 0) is 37.6 Å². The summed E-state index contributed by atoms with van der Waals surface area (Å²) in [6, 6.07) is 10.8. The van der Waals surface area contributed by atoms with Crippen LogP contribution in [0.2, 0.25) is 0 Å². The summed E-state index contributed by atoms with van der Waals surface area (Å²) >= 11 is 5.04. The molecule has 1 amide bonds. The Morgan fingerprint density at radius 3 is 2.55 bits per heavy atom. The van der Waals surface area contributed by atoms with Gasteiger partial charge in [0.1, 0.15) is 10.7 Å². The van der Waals surface area contributed by atoms with Crippen molar-refractivity contribution >= 4 is 28.8 Å². The molecule has 20 heavy (non-hydrogen) atoms. The van der Waals surface area contributed by atoms with Crippen LogP contribution < -0.4 is 11.1 Å². The van der Waals surface area contributed by atoms with E-state index in [9.17, 15) is 4.79 Å². The molecule has 4 nitrogen and oxygen atoms in total. The molecule has 0 aliphatic carbocycles. The summed E-state index contributed by atoms with van der Waals surface area (Å²) in [5, 5.41) is 2.81. The predicted octanol–water partition coefficient (Wildman–Crippen LogP) is 2.58. The number of hydrogen-bond donors (Lipinski definition) is 2. The highest BCUT2D eigenvalue weighted by atomic mass is 32.1. The fourth-order valence-electron chi connectivity index (χ4n) is 1.95. The number of rotatable bonds is 3. The van der Waals surface area contributed by atoms with Crippen LogP contribution in [0, 0.1) is 13.8 Å². The molecule has 3 N–H and O–H groups in total. The van der Waals surface area contributed by atoms with Gasteiger partial charge < -0.3 is 11.1 Å². The Morgan fingerprint density at radius 2 is 1.90 bits per heavy atom. The summed E-state index contributed by atoms with van der Waals surface area (Å²) in [4.78, 5) is 16.6. The van der Waals surface area contributed by atoms with Crippen molar-refractivity contribution in [2.24, 2.45) is 5.73 Å². The summed E-state index contributed by atoms with van der Waals surface area (Å²) in [5.41, 5.74) is 9.08.